The van der Waals surface area contributed by atoms with Gasteiger partial charge in [0.2, 0.25) is 0 Å². The molecule has 3 aromatic rings. The summed E-state index contributed by atoms with van der Waals surface area (Å²) in [5, 5.41) is 23.1. The summed E-state index contributed by atoms with van der Waals surface area (Å²) in [6.07, 6.45) is 2.81. The summed E-state index contributed by atoms with van der Waals surface area (Å²) in [6.45, 7) is 5.02. The number of anilines is 1. The molecule has 1 aliphatic rings. The minimum atomic E-state index is -1.04. The molecule has 9 heteroatoms. The van der Waals surface area contributed by atoms with Crippen molar-refractivity contribution in [2.45, 2.75) is 45.1 Å². The third-order valence-corrected chi connectivity index (χ3v) is 7.18. The molecule has 3 N–H and O–H groups in total. The van der Waals surface area contributed by atoms with E-state index in [0.29, 0.717) is 54.6 Å². The number of hydrogen-bond donors (Lipinski definition) is 3. The van der Waals surface area contributed by atoms with Crippen LogP contribution in [-0.4, -0.2) is 45.8 Å². The quantitative estimate of drug-likeness (QED) is 0.274. The van der Waals surface area contributed by atoms with E-state index in [1.54, 1.807) is 23.1 Å². The van der Waals surface area contributed by atoms with Gasteiger partial charge in [0, 0.05) is 37.0 Å². The maximum Gasteiger partial charge on any atom is 0.335 e. The highest BCUT2D eigenvalue weighted by Gasteiger charge is 2.38. The van der Waals surface area contributed by atoms with E-state index in [4.69, 9.17) is 14.6 Å². The summed E-state index contributed by atoms with van der Waals surface area (Å²) < 4.78 is 25.2. The molecule has 1 saturated heterocycles. The van der Waals surface area contributed by atoms with Crippen LogP contribution in [0, 0.1) is 11.7 Å². The lowest BCUT2D eigenvalue weighted by atomic mass is 9.77. The molecule has 4 rings (SSSR count). The van der Waals surface area contributed by atoms with Gasteiger partial charge in [0.15, 0.2) is 0 Å². The first kappa shape index (κ1) is 27.9. The van der Waals surface area contributed by atoms with Crippen molar-refractivity contribution in [3.05, 3.63) is 78.1 Å². The highest BCUT2D eigenvalue weighted by molar-refractivity contribution is 5.90. The van der Waals surface area contributed by atoms with Crippen molar-refractivity contribution in [3.63, 3.8) is 0 Å². The number of nitrogens with one attached hydrogen (secondary N) is 1. The number of aromatic carboxylic acids is 1. The van der Waals surface area contributed by atoms with Crippen molar-refractivity contribution in [1.82, 2.24) is 4.90 Å². The number of carbonyl (C=O) groups excluding carboxylic acids is 1. The second-order valence-electron chi connectivity index (χ2n) is 9.71. The van der Waals surface area contributed by atoms with Gasteiger partial charge in [-0.1, -0.05) is 26.7 Å². The Bertz CT molecular complexity index is 1280. The Labute approximate surface area is 227 Å². The molecule has 0 atom stereocenters. The fraction of sp³-hybridized carbons (Fsp3) is 0.333. The second kappa shape index (κ2) is 12.2. The van der Waals surface area contributed by atoms with Gasteiger partial charge < -0.3 is 29.9 Å². The number of carboxylic acid groups (broad SMARTS) is 1. The molecule has 2 amide bonds. The number of ether oxygens (including phenoxy) is 2. The Kier molecular flexibility index (Phi) is 8.71. The van der Waals surface area contributed by atoms with E-state index in [-0.39, 0.29) is 17.5 Å². The van der Waals surface area contributed by atoms with Crippen LogP contribution in [0.25, 0.3) is 0 Å². The lowest BCUT2D eigenvalue weighted by molar-refractivity contribution is -0.0619. The van der Waals surface area contributed by atoms with Gasteiger partial charge in [-0.05, 0) is 67.3 Å². The van der Waals surface area contributed by atoms with E-state index in [2.05, 4.69) is 19.2 Å². The Morgan fingerprint density at radius 3 is 1.90 bits per heavy atom. The second-order valence-corrected chi connectivity index (χ2v) is 9.71. The summed E-state index contributed by atoms with van der Waals surface area (Å²) in [4.78, 5) is 25.9. The number of aliphatic hydroxyl groups is 1. The number of nitrogens with zero attached hydrogens (tertiary/aromatic N) is 1. The highest BCUT2D eigenvalue weighted by Crippen LogP contribution is 2.35. The molecule has 1 aliphatic heterocycles. The van der Waals surface area contributed by atoms with Gasteiger partial charge >= 0.3 is 12.0 Å². The van der Waals surface area contributed by atoms with Crippen molar-refractivity contribution < 1.29 is 33.7 Å². The van der Waals surface area contributed by atoms with Crippen LogP contribution in [0.2, 0.25) is 0 Å². The number of piperidine rings is 1. The maximum absolute atomic E-state index is 13.3. The van der Waals surface area contributed by atoms with E-state index in [0.717, 1.165) is 12.8 Å². The summed E-state index contributed by atoms with van der Waals surface area (Å²) in [5.74, 6) is 0.244. The topological polar surface area (TPSA) is 108 Å². The van der Waals surface area contributed by atoms with E-state index in [1.165, 1.54) is 48.5 Å². The van der Waals surface area contributed by atoms with Crippen molar-refractivity contribution in [1.29, 1.82) is 0 Å². The Hall–Kier alpha value is -4.11. The first-order valence-electron chi connectivity index (χ1n) is 13.1. The average Bonchev–Trinajstić information content (AvgIpc) is 2.91. The molecule has 0 spiro atoms. The lowest BCUT2D eigenvalue weighted by Gasteiger charge is -2.42. The summed E-state index contributed by atoms with van der Waals surface area (Å²) in [7, 11) is 0. The summed E-state index contributed by atoms with van der Waals surface area (Å²) in [6, 6.07) is 16.0. The normalized spacial score (nSPS) is 14.6. The number of likely N-dealkylation sites (tertiary alicyclic amines) is 1. The van der Waals surface area contributed by atoms with Gasteiger partial charge in [-0.25, -0.2) is 14.0 Å². The van der Waals surface area contributed by atoms with Gasteiger partial charge in [-0.15, -0.1) is 0 Å². The van der Waals surface area contributed by atoms with Gasteiger partial charge in [0.25, 0.3) is 0 Å². The molecule has 0 unspecified atom stereocenters. The Morgan fingerprint density at radius 1 is 0.897 bits per heavy atom. The minimum absolute atomic E-state index is 0.126. The SMILES string of the molecule is CCC(CC)C1(O)CCN(C(=O)Nc2cc(Oc3ccc(F)cc3)cc(Oc3ccc(C(=O)O)cc3)c2)CC1. The standard InChI is InChI=1S/C30H33FN2O6/c1-3-21(4-2)30(37)13-15-33(16-14-30)29(36)32-23-17-26(38-24-9-5-20(6-10-24)28(34)35)19-27(18-23)39-25-11-7-22(31)8-12-25/h5-12,17-19,21,37H,3-4,13-16H2,1-2H3,(H,32,36)(H,34,35). The molecular weight excluding hydrogens is 503 g/mol. The van der Waals surface area contributed by atoms with Crippen LogP contribution >= 0.6 is 0 Å². The molecule has 0 bridgehead atoms. The molecule has 3 aromatic carbocycles. The fourth-order valence-electron chi connectivity index (χ4n) is 4.96. The third-order valence-electron chi connectivity index (χ3n) is 7.18. The lowest BCUT2D eigenvalue weighted by Crippen LogP contribution is -2.51. The predicted octanol–water partition coefficient (Wildman–Crippen LogP) is 6.90. The highest BCUT2D eigenvalue weighted by atomic mass is 19.1. The minimum Gasteiger partial charge on any atom is -0.478 e. The largest absolute Gasteiger partial charge is 0.478 e. The van der Waals surface area contributed by atoms with Crippen molar-refractivity contribution in [2.24, 2.45) is 5.92 Å². The molecule has 1 heterocycles. The van der Waals surface area contributed by atoms with Crippen LogP contribution in [0.15, 0.2) is 66.7 Å². The first-order chi connectivity index (χ1) is 18.7. The van der Waals surface area contributed by atoms with Gasteiger partial charge in [0.1, 0.15) is 28.8 Å². The summed E-state index contributed by atoms with van der Waals surface area (Å²) in [5.41, 5.74) is -0.223. The van der Waals surface area contributed by atoms with Crippen LogP contribution < -0.4 is 14.8 Å². The molecule has 0 radical (unpaired) electrons. The van der Waals surface area contributed by atoms with Gasteiger partial charge in [0.05, 0.1) is 11.2 Å². The third kappa shape index (κ3) is 7.06. The van der Waals surface area contributed by atoms with Crippen LogP contribution in [-0.2, 0) is 0 Å². The van der Waals surface area contributed by atoms with Crippen LogP contribution in [0.1, 0.15) is 49.9 Å². The molecule has 0 aromatic heterocycles. The number of benzene rings is 3. The number of carbonyl (C=O) groups is 2. The summed E-state index contributed by atoms with van der Waals surface area (Å²) >= 11 is 0. The zero-order valence-electron chi connectivity index (χ0n) is 22.0. The Morgan fingerprint density at radius 2 is 1.41 bits per heavy atom. The van der Waals surface area contributed by atoms with Crippen molar-refractivity contribution in [2.75, 3.05) is 18.4 Å². The average molecular weight is 537 g/mol. The number of amides is 2. The van der Waals surface area contributed by atoms with Gasteiger partial charge in [-0.3, -0.25) is 0 Å². The van der Waals surface area contributed by atoms with Crippen LogP contribution in [0.3, 0.4) is 0 Å². The maximum atomic E-state index is 13.3. The molecule has 0 saturated carbocycles. The monoisotopic (exact) mass is 536 g/mol. The number of hydrogen-bond acceptors (Lipinski definition) is 5. The number of urea groups is 1. The van der Waals surface area contributed by atoms with E-state index in [1.807, 2.05) is 0 Å². The number of halogens is 1. The molecular formula is C30H33FN2O6. The Balaban J connectivity index is 1.52. The molecule has 39 heavy (non-hydrogen) atoms. The predicted molar refractivity (Wildman–Crippen MR) is 145 cm³/mol. The molecule has 1 fully saturated rings. The molecule has 206 valence electrons. The van der Waals surface area contributed by atoms with E-state index < -0.39 is 17.4 Å². The van der Waals surface area contributed by atoms with Crippen LogP contribution in [0.4, 0.5) is 14.9 Å². The van der Waals surface area contributed by atoms with Crippen molar-refractivity contribution in [3.8, 4) is 23.0 Å². The van der Waals surface area contributed by atoms with Crippen LogP contribution in [0.5, 0.6) is 23.0 Å². The zero-order valence-corrected chi connectivity index (χ0v) is 22.0. The van der Waals surface area contributed by atoms with Crippen molar-refractivity contribution >= 4 is 17.7 Å². The number of rotatable bonds is 9. The number of carboxylic acids is 1. The zero-order chi connectivity index (χ0) is 28.0. The smallest absolute Gasteiger partial charge is 0.335 e. The molecule has 0 aliphatic carbocycles. The first-order valence-corrected chi connectivity index (χ1v) is 13.1. The van der Waals surface area contributed by atoms with Gasteiger partial charge in [-0.2, -0.15) is 0 Å². The van der Waals surface area contributed by atoms with E-state index in [9.17, 15) is 19.1 Å². The van der Waals surface area contributed by atoms with E-state index >= 15 is 0 Å². The fourth-order valence-corrected chi connectivity index (χ4v) is 4.96. The molecule has 8 nitrogen and oxygen atoms in total.